The minimum Gasteiger partial charge on any atom is -0.494 e. The highest BCUT2D eigenvalue weighted by Gasteiger charge is 2.10. The monoisotopic (exact) mass is 306 g/mol. The fourth-order valence-corrected chi connectivity index (χ4v) is 1.72. The van der Waals surface area contributed by atoms with Gasteiger partial charge in [-0.2, -0.15) is 4.80 Å². The number of carbonyl (C=O) groups is 1. The van der Waals surface area contributed by atoms with Crippen LogP contribution in [-0.2, 0) is 7.05 Å². The molecule has 0 bridgehead atoms. The van der Waals surface area contributed by atoms with Crippen molar-refractivity contribution in [3.05, 3.63) is 29.8 Å². The normalized spacial score (nSPS) is 10.0. The van der Waals surface area contributed by atoms with Crippen LogP contribution >= 0.6 is 12.2 Å². The number of nitrogens with one attached hydrogen (secondary N) is 2. The van der Waals surface area contributed by atoms with Crippen molar-refractivity contribution in [2.75, 3.05) is 11.9 Å². The lowest BCUT2D eigenvalue weighted by molar-refractivity contribution is 0.0977. The number of nitrogens with zero attached hydrogens (tertiary/aromatic N) is 4. The fraction of sp³-hybridized carbons (Fsp3) is 0.250. The maximum atomic E-state index is 12.1. The molecule has 0 aliphatic carbocycles. The Hall–Kier alpha value is -2.55. The molecule has 1 aromatic carbocycles. The Morgan fingerprint density at radius 1 is 1.48 bits per heavy atom. The van der Waals surface area contributed by atoms with Crippen LogP contribution in [0.4, 0.5) is 5.95 Å². The molecule has 2 aromatic rings. The van der Waals surface area contributed by atoms with Crippen LogP contribution < -0.4 is 15.4 Å². The number of ether oxygens (including phenoxy) is 1. The van der Waals surface area contributed by atoms with Gasteiger partial charge in [-0.1, -0.05) is 11.2 Å². The highest BCUT2D eigenvalue weighted by atomic mass is 32.1. The summed E-state index contributed by atoms with van der Waals surface area (Å²) in [6.45, 7) is 2.41. The first kappa shape index (κ1) is 14.9. The second-order valence-corrected chi connectivity index (χ2v) is 4.38. The van der Waals surface area contributed by atoms with E-state index < -0.39 is 0 Å². The zero-order valence-corrected chi connectivity index (χ0v) is 12.3. The second-order valence-electron chi connectivity index (χ2n) is 3.97. The number of aryl methyl sites for hydroxylation is 1. The number of aromatic nitrogens is 4. The average Bonchev–Trinajstić information content (AvgIpc) is 2.84. The van der Waals surface area contributed by atoms with Crippen LogP contribution in [0.25, 0.3) is 0 Å². The van der Waals surface area contributed by atoms with E-state index in [-0.39, 0.29) is 17.0 Å². The highest BCUT2D eigenvalue weighted by molar-refractivity contribution is 7.80. The van der Waals surface area contributed by atoms with Gasteiger partial charge in [0.2, 0.25) is 0 Å². The van der Waals surface area contributed by atoms with Gasteiger partial charge in [0.15, 0.2) is 5.11 Å². The summed E-state index contributed by atoms with van der Waals surface area (Å²) in [6, 6.07) is 6.82. The van der Waals surface area contributed by atoms with E-state index in [4.69, 9.17) is 17.0 Å². The van der Waals surface area contributed by atoms with Gasteiger partial charge in [-0.05, 0) is 42.6 Å². The molecule has 1 heterocycles. The van der Waals surface area contributed by atoms with Crippen molar-refractivity contribution in [1.29, 1.82) is 0 Å². The van der Waals surface area contributed by atoms with E-state index in [9.17, 15) is 4.79 Å². The molecule has 0 saturated heterocycles. The lowest BCUT2D eigenvalue weighted by atomic mass is 10.2. The Morgan fingerprint density at radius 2 is 2.29 bits per heavy atom. The summed E-state index contributed by atoms with van der Waals surface area (Å²) in [5, 5.41) is 16.5. The molecule has 0 saturated carbocycles. The number of tetrazole rings is 1. The van der Waals surface area contributed by atoms with Gasteiger partial charge < -0.3 is 4.74 Å². The van der Waals surface area contributed by atoms with Crippen LogP contribution in [-0.4, -0.2) is 37.8 Å². The van der Waals surface area contributed by atoms with Gasteiger partial charge in [-0.25, -0.2) is 0 Å². The average molecular weight is 306 g/mol. The Balaban J connectivity index is 1.97. The minimum absolute atomic E-state index is 0.0924. The molecular formula is C12H14N6O2S. The summed E-state index contributed by atoms with van der Waals surface area (Å²) in [5.41, 5.74) is 0.442. The largest absolute Gasteiger partial charge is 0.494 e. The number of anilines is 1. The smallest absolute Gasteiger partial charge is 0.269 e. The molecule has 0 aliphatic rings. The van der Waals surface area contributed by atoms with Crippen molar-refractivity contribution >= 4 is 29.2 Å². The summed E-state index contributed by atoms with van der Waals surface area (Å²) in [6.07, 6.45) is 0. The third-order valence-corrected chi connectivity index (χ3v) is 2.57. The van der Waals surface area contributed by atoms with Crippen molar-refractivity contribution in [2.45, 2.75) is 6.92 Å². The number of hydrogen-bond donors (Lipinski definition) is 2. The molecule has 21 heavy (non-hydrogen) atoms. The zero-order valence-electron chi connectivity index (χ0n) is 11.5. The molecule has 1 amide bonds. The van der Waals surface area contributed by atoms with Gasteiger partial charge in [0.25, 0.3) is 11.9 Å². The first-order valence-corrected chi connectivity index (χ1v) is 6.58. The second kappa shape index (κ2) is 6.75. The Kier molecular flexibility index (Phi) is 4.77. The molecule has 8 nitrogen and oxygen atoms in total. The molecule has 0 atom stereocenters. The van der Waals surface area contributed by atoms with Crippen LogP contribution in [0.1, 0.15) is 17.3 Å². The minimum atomic E-state index is -0.349. The SMILES string of the molecule is CCOc1cccc(C(=O)NC(=S)Nc2nnn(C)n2)c1. The van der Waals surface area contributed by atoms with E-state index in [0.29, 0.717) is 17.9 Å². The summed E-state index contributed by atoms with van der Waals surface area (Å²) < 4.78 is 5.34. The lowest BCUT2D eigenvalue weighted by Gasteiger charge is -2.08. The standard InChI is InChI=1S/C12H14N6O2S/c1-3-20-9-6-4-5-8(7-9)10(19)13-12(21)14-11-15-17-18(2)16-11/h4-7H,3H2,1-2H3,(H2,13,14,16,19,21). The van der Waals surface area contributed by atoms with Gasteiger partial charge in [-0.15, -0.1) is 5.10 Å². The van der Waals surface area contributed by atoms with Crippen molar-refractivity contribution in [1.82, 2.24) is 25.5 Å². The van der Waals surface area contributed by atoms with E-state index in [1.807, 2.05) is 6.92 Å². The number of carbonyl (C=O) groups excluding carboxylic acids is 1. The van der Waals surface area contributed by atoms with E-state index in [1.54, 1.807) is 31.3 Å². The van der Waals surface area contributed by atoms with Gasteiger partial charge >= 0.3 is 0 Å². The molecule has 2 N–H and O–H groups in total. The summed E-state index contributed by atoms with van der Waals surface area (Å²) in [4.78, 5) is 13.3. The molecule has 0 radical (unpaired) electrons. The van der Waals surface area contributed by atoms with Crippen LogP contribution in [0.5, 0.6) is 5.75 Å². The van der Waals surface area contributed by atoms with Crippen LogP contribution in [0, 0.1) is 0 Å². The Morgan fingerprint density at radius 3 is 2.95 bits per heavy atom. The van der Waals surface area contributed by atoms with Crippen molar-refractivity contribution in [3.8, 4) is 5.75 Å². The van der Waals surface area contributed by atoms with Crippen molar-refractivity contribution in [2.24, 2.45) is 7.05 Å². The quantitative estimate of drug-likeness (QED) is 0.804. The van der Waals surface area contributed by atoms with Gasteiger partial charge in [0.1, 0.15) is 5.75 Å². The summed E-state index contributed by atoms with van der Waals surface area (Å²) >= 11 is 5.01. The molecular weight excluding hydrogens is 292 g/mol. The van der Waals surface area contributed by atoms with Crippen LogP contribution in [0.15, 0.2) is 24.3 Å². The number of rotatable bonds is 4. The molecule has 0 fully saturated rings. The Bertz CT molecular complexity index is 657. The Labute approximate surface area is 126 Å². The predicted molar refractivity (Wildman–Crippen MR) is 80.1 cm³/mol. The summed E-state index contributed by atoms with van der Waals surface area (Å²) in [7, 11) is 1.62. The first-order valence-electron chi connectivity index (χ1n) is 6.17. The van der Waals surface area contributed by atoms with Crippen molar-refractivity contribution < 1.29 is 9.53 Å². The first-order chi connectivity index (χ1) is 10.1. The fourth-order valence-electron chi connectivity index (χ4n) is 1.54. The number of benzene rings is 1. The van der Waals surface area contributed by atoms with Crippen molar-refractivity contribution in [3.63, 3.8) is 0 Å². The maximum Gasteiger partial charge on any atom is 0.269 e. The topological polar surface area (TPSA) is 94.0 Å². The molecule has 0 spiro atoms. The highest BCUT2D eigenvalue weighted by Crippen LogP contribution is 2.13. The van der Waals surface area contributed by atoms with Gasteiger partial charge in [0, 0.05) is 5.56 Å². The molecule has 9 heteroatoms. The lowest BCUT2D eigenvalue weighted by Crippen LogP contribution is -2.34. The third kappa shape index (κ3) is 4.21. The van der Waals surface area contributed by atoms with E-state index in [1.165, 1.54) is 4.80 Å². The molecule has 110 valence electrons. The zero-order chi connectivity index (χ0) is 15.2. The van der Waals surface area contributed by atoms with E-state index in [0.717, 1.165) is 0 Å². The molecule has 2 rings (SSSR count). The van der Waals surface area contributed by atoms with Gasteiger partial charge in [0.05, 0.1) is 13.7 Å². The predicted octanol–water partition coefficient (Wildman–Crippen LogP) is 0.736. The van der Waals surface area contributed by atoms with E-state index >= 15 is 0 Å². The van der Waals surface area contributed by atoms with Gasteiger partial charge in [-0.3, -0.25) is 15.4 Å². The molecule has 1 aromatic heterocycles. The van der Waals surface area contributed by atoms with Crippen LogP contribution in [0.2, 0.25) is 0 Å². The number of thiocarbonyl (C=S) groups is 1. The molecule has 0 aliphatic heterocycles. The van der Waals surface area contributed by atoms with Crippen LogP contribution in [0.3, 0.4) is 0 Å². The molecule has 0 unspecified atom stereocenters. The third-order valence-electron chi connectivity index (χ3n) is 2.37. The number of amides is 1. The number of hydrogen-bond acceptors (Lipinski definition) is 6. The van der Waals surface area contributed by atoms with E-state index in [2.05, 4.69) is 26.0 Å². The maximum absolute atomic E-state index is 12.1. The summed E-state index contributed by atoms with van der Waals surface area (Å²) in [5.74, 6) is 0.489.